The quantitative estimate of drug-likeness (QED) is 0.701. The summed E-state index contributed by atoms with van der Waals surface area (Å²) in [5.41, 5.74) is 1.73. The number of amides is 1. The average molecular weight is 353 g/mol. The van der Waals surface area contributed by atoms with Gasteiger partial charge < -0.3 is 10.2 Å². The van der Waals surface area contributed by atoms with E-state index in [9.17, 15) is 4.79 Å². The third-order valence-electron chi connectivity index (χ3n) is 4.16. The first-order chi connectivity index (χ1) is 12.6. The minimum Gasteiger partial charge on any atom is -0.356 e. The molecule has 136 valence electrons. The summed E-state index contributed by atoms with van der Waals surface area (Å²) in [6.07, 6.45) is 2.41. The Kier molecular flexibility index (Phi) is 5.40. The monoisotopic (exact) mass is 353 g/mol. The van der Waals surface area contributed by atoms with E-state index in [2.05, 4.69) is 44.3 Å². The lowest BCUT2D eigenvalue weighted by molar-refractivity contribution is -0.116. The van der Waals surface area contributed by atoms with Crippen molar-refractivity contribution in [1.82, 2.24) is 24.8 Å². The lowest BCUT2D eigenvalue weighted by Crippen LogP contribution is -2.23. The van der Waals surface area contributed by atoms with E-state index >= 15 is 0 Å². The van der Waals surface area contributed by atoms with E-state index in [1.165, 1.54) is 0 Å². The fourth-order valence-electron chi connectivity index (χ4n) is 2.73. The van der Waals surface area contributed by atoms with Crippen LogP contribution in [0.25, 0.3) is 5.65 Å². The number of anilines is 2. The van der Waals surface area contributed by atoms with Gasteiger partial charge in [0.05, 0.1) is 0 Å². The molecule has 8 nitrogen and oxygen atoms in total. The van der Waals surface area contributed by atoms with Gasteiger partial charge in [0.1, 0.15) is 11.6 Å². The summed E-state index contributed by atoms with van der Waals surface area (Å²) < 4.78 is 1.71. The minimum atomic E-state index is -0.111. The van der Waals surface area contributed by atoms with Gasteiger partial charge in [-0.2, -0.15) is 4.52 Å². The van der Waals surface area contributed by atoms with Gasteiger partial charge in [0, 0.05) is 32.1 Å². The molecule has 26 heavy (non-hydrogen) atoms. The molecule has 0 bridgehead atoms. The van der Waals surface area contributed by atoms with Crippen LogP contribution in [0.5, 0.6) is 0 Å². The zero-order valence-electron chi connectivity index (χ0n) is 15.3. The number of hydrogen-bond acceptors (Lipinski definition) is 6. The molecule has 0 aromatic carbocycles. The standard InChI is InChI=1S/C18H23N7O/c1-4-24(5-2)17-7-6-15-21-22-16(25(15)23-17)8-9-18(26)20-14-12-13(3)10-11-19-14/h6-7,10-12H,4-5,8-9H2,1-3H3,(H,19,20,26). The molecule has 0 aliphatic heterocycles. The Hall–Kier alpha value is -3.03. The van der Waals surface area contributed by atoms with E-state index in [1.807, 2.05) is 31.2 Å². The zero-order chi connectivity index (χ0) is 18.5. The Bertz CT molecular complexity index is 901. The second-order valence-electron chi connectivity index (χ2n) is 6.02. The molecule has 1 N–H and O–H groups in total. The van der Waals surface area contributed by atoms with Crippen molar-refractivity contribution in [2.75, 3.05) is 23.3 Å². The molecular formula is C18H23N7O. The summed E-state index contributed by atoms with van der Waals surface area (Å²) in [6.45, 7) is 7.88. The van der Waals surface area contributed by atoms with Gasteiger partial charge in [-0.15, -0.1) is 15.3 Å². The highest BCUT2D eigenvalue weighted by Crippen LogP contribution is 2.13. The molecule has 0 saturated carbocycles. The molecule has 0 fully saturated rings. The number of aryl methyl sites for hydroxylation is 2. The second-order valence-corrected chi connectivity index (χ2v) is 6.02. The SMILES string of the molecule is CCN(CC)c1ccc2nnc(CCC(=O)Nc3cc(C)ccn3)n2n1. The Morgan fingerprint density at radius 2 is 2.00 bits per heavy atom. The van der Waals surface area contributed by atoms with Crippen molar-refractivity contribution in [2.24, 2.45) is 0 Å². The lowest BCUT2D eigenvalue weighted by Gasteiger charge is -2.19. The number of nitrogens with zero attached hydrogens (tertiary/aromatic N) is 6. The molecule has 3 rings (SSSR count). The van der Waals surface area contributed by atoms with Crippen molar-refractivity contribution in [2.45, 2.75) is 33.6 Å². The maximum absolute atomic E-state index is 12.2. The zero-order valence-corrected chi connectivity index (χ0v) is 15.3. The molecule has 3 aromatic heterocycles. The highest BCUT2D eigenvalue weighted by atomic mass is 16.1. The van der Waals surface area contributed by atoms with Gasteiger partial charge in [0.25, 0.3) is 0 Å². The Labute approximate surface area is 152 Å². The Morgan fingerprint density at radius 1 is 1.19 bits per heavy atom. The van der Waals surface area contributed by atoms with Crippen LogP contribution in [0.15, 0.2) is 30.5 Å². The van der Waals surface area contributed by atoms with Crippen molar-refractivity contribution < 1.29 is 4.79 Å². The predicted octanol–water partition coefficient (Wildman–Crippen LogP) is 2.25. The molecule has 3 aromatic rings. The van der Waals surface area contributed by atoms with Crippen LogP contribution < -0.4 is 10.2 Å². The third-order valence-corrected chi connectivity index (χ3v) is 4.16. The molecule has 0 saturated heterocycles. The smallest absolute Gasteiger partial charge is 0.225 e. The van der Waals surface area contributed by atoms with Crippen molar-refractivity contribution in [3.63, 3.8) is 0 Å². The van der Waals surface area contributed by atoms with E-state index in [1.54, 1.807) is 10.7 Å². The topological polar surface area (TPSA) is 88.3 Å². The molecule has 0 aliphatic rings. The number of hydrogen-bond donors (Lipinski definition) is 1. The highest BCUT2D eigenvalue weighted by Gasteiger charge is 2.12. The second kappa shape index (κ2) is 7.90. The highest BCUT2D eigenvalue weighted by molar-refractivity contribution is 5.89. The molecular weight excluding hydrogens is 330 g/mol. The lowest BCUT2D eigenvalue weighted by atomic mass is 10.2. The minimum absolute atomic E-state index is 0.111. The average Bonchev–Trinajstić information content (AvgIpc) is 3.03. The van der Waals surface area contributed by atoms with Crippen molar-refractivity contribution in [3.05, 3.63) is 41.9 Å². The van der Waals surface area contributed by atoms with Crippen LogP contribution in [0.1, 0.15) is 31.7 Å². The first kappa shape index (κ1) is 17.8. The van der Waals surface area contributed by atoms with E-state index in [0.29, 0.717) is 23.7 Å². The van der Waals surface area contributed by atoms with Gasteiger partial charge in [-0.05, 0) is 50.6 Å². The normalized spacial score (nSPS) is 10.9. The number of fused-ring (bicyclic) bond motifs is 1. The van der Waals surface area contributed by atoms with Crippen LogP contribution in [0.2, 0.25) is 0 Å². The summed E-state index contributed by atoms with van der Waals surface area (Å²) in [5.74, 6) is 1.99. The maximum atomic E-state index is 12.2. The van der Waals surface area contributed by atoms with Gasteiger partial charge in [-0.25, -0.2) is 4.98 Å². The molecule has 0 atom stereocenters. The largest absolute Gasteiger partial charge is 0.356 e. The molecule has 8 heteroatoms. The number of pyridine rings is 1. The summed E-state index contributed by atoms with van der Waals surface area (Å²) in [4.78, 5) is 18.5. The summed E-state index contributed by atoms with van der Waals surface area (Å²) in [7, 11) is 0. The molecule has 1 amide bonds. The van der Waals surface area contributed by atoms with E-state index in [0.717, 1.165) is 24.5 Å². The van der Waals surface area contributed by atoms with Crippen LogP contribution in [-0.4, -0.2) is 43.8 Å². The van der Waals surface area contributed by atoms with Gasteiger partial charge in [0.2, 0.25) is 5.91 Å². The van der Waals surface area contributed by atoms with Crippen molar-refractivity contribution in [1.29, 1.82) is 0 Å². The summed E-state index contributed by atoms with van der Waals surface area (Å²) in [5, 5.41) is 15.7. The molecule has 0 radical (unpaired) electrons. The maximum Gasteiger partial charge on any atom is 0.225 e. The third kappa shape index (κ3) is 3.96. The Balaban J connectivity index is 1.70. The van der Waals surface area contributed by atoms with Crippen LogP contribution in [0.3, 0.4) is 0 Å². The number of carbonyl (C=O) groups is 1. The van der Waals surface area contributed by atoms with Gasteiger partial charge >= 0.3 is 0 Å². The van der Waals surface area contributed by atoms with Crippen molar-refractivity contribution >= 4 is 23.2 Å². The number of rotatable bonds is 7. The first-order valence-electron chi connectivity index (χ1n) is 8.79. The first-order valence-corrected chi connectivity index (χ1v) is 8.79. The molecule has 0 aliphatic carbocycles. The number of carbonyl (C=O) groups excluding carboxylic acids is 1. The van der Waals surface area contributed by atoms with Crippen molar-refractivity contribution in [3.8, 4) is 0 Å². The Morgan fingerprint density at radius 3 is 2.73 bits per heavy atom. The van der Waals surface area contributed by atoms with E-state index in [4.69, 9.17) is 0 Å². The predicted molar refractivity (Wildman–Crippen MR) is 100 cm³/mol. The molecule has 3 heterocycles. The van der Waals surface area contributed by atoms with Crippen LogP contribution >= 0.6 is 0 Å². The summed E-state index contributed by atoms with van der Waals surface area (Å²) >= 11 is 0. The van der Waals surface area contributed by atoms with E-state index in [-0.39, 0.29) is 12.3 Å². The van der Waals surface area contributed by atoms with Gasteiger partial charge in [-0.3, -0.25) is 4.79 Å². The van der Waals surface area contributed by atoms with E-state index < -0.39 is 0 Å². The van der Waals surface area contributed by atoms with Crippen LogP contribution in [0.4, 0.5) is 11.6 Å². The molecule has 0 spiro atoms. The number of nitrogens with one attached hydrogen (secondary N) is 1. The fourth-order valence-corrected chi connectivity index (χ4v) is 2.73. The fraction of sp³-hybridized carbons (Fsp3) is 0.389. The van der Waals surface area contributed by atoms with Gasteiger partial charge in [0.15, 0.2) is 11.5 Å². The molecule has 0 unspecified atom stereocenters. The number of aromatic nitrogens is 5. The summed E-state index contributed by atoms with van der Waals surface area (Å²) in [6, 6.07) is 7.56. The van der Waals surface area contributed by atoms with Crippen LogP contribution in [0, 0.1) is 6.92 Å². The van der Waals surface area contributed by atoms with Gasteiger partial charge in [-0.1, -0.05) is 0 Å². The van der Waals surface area contributed by atoms with Crippen LogP contribution in [-0.2, 0) is 11.2 Å².